The number of hydrogen-bond acceptors (Lipinski definition) is 3. The molecule has 0 unspecified atom stereocenters. The lowest BCUT2D eigenvalue weighted by Gasteiger charge is -2.36. The van der Waals surface area contributed by atoms with Gasteiger partial charge >= 0.3 is 6.03 Å². The number of ketones is 1. The SMILES string of the molecule is CC(=O)c1ccc(NC(=O)N2CCN(c3ccc(C)cc3C)CC2)cc1. The molecule has 1 saturated heterocycles. The van der Waals surface area contributed by atoms with E-state index in [0.29, 0.717) is 24.3 Å². The van der Waals surface area contributed by atoms with Crippen LogP contribution in [-0.2, 0) is 0 Å². The highest BCUT2D eigenvalue weighted by Gasteiger charge is 2.22. The molecule has 0 bridgehead atoms. The van der Waals surface area contributed by atoms with Crippen LogP contribution in [0.5, 0.6) is 0 Å². The zero-order valence-electron chi connectivity index (χ0n) is 15.6. The van der Waals surface area contributed by atoms with Crippen LogP contribution in [0, 0.1) is 13.8 Å². The van der Waals surface area contributed by atoms with Crippen molar-refractivity contribution in [3.05, 3.63) is 59.2 Å². The number of carbonyl (C=O) groups excluding carboxylic acids is 2. The molecule has 0 atom stereocenters. The van der Waals surface area contributed by atoms with Crippen molar-refractivity contribution in [2.45, 2.75) is 20.8 Å². The van der Waals surface area contributed by atoms with E-state index in [1.807, 2.05) is 4.90 Å². The fourth-order valence-corrected chi connectivity index (χ4v) is 3.30. The summed E-state index contributed by atoms with van der Waals surface area (Å²) in [6.07, 6.45) is 0. The van der Waals surface area contributed by atoms with Crippen molar-refractivity contribution in [2.75, 3.05) is 36.4 Å². The summed E-state index contributed by atoms with van der Waals surface area (Å²) in [7, 11) is 0. The smallest absolute Gasteiger partial charge is 0.321 e. The Morgan fingerprint density at radius 3 is 2.15 bits per heavy atom. The molecule has 1 aliphatic rings. The van der Waals surface area contributed by atoms with E-state index in [-0.39, 0.29) is 11.8 Å². The number of amides is 2. The quantitative estimate of drug-likeness (QED) is 0.855. The van der Waals surface area contributed by atoms with Crippen LogP contribution in [0.15, 0.2) is 42.5 Å². The van der Waals surface area contributed by atoms with Crippen molar-refractivity contribution in [2.24, 2.45) is 0 Å². The van der Waals surface area contributed by atoms with Gasteiger partial charge in [-0.1, -0.05) is 17.7 Å². The van der Waals surface area contributed by atoms with Crippen molar-refractivity contribution < 1.29 is 9.59 Å². The molecule has 2 aromatic carbocycles. The largest absolute Gasteiger partial charge is 0.368 e. The highest BCUT2D eigenvalue weighted by atomic mass is 16.2. The van der Waals surface area contributed by atoms with Crippen LogP contribution < -0.4 is 10.2 Å². The Morgan fingerprint density at radius 1 is 0.923 bits per heavy atom. The van der Waals surface area contributed by atoms with Crippen LogP contribution in [0.2, 0.25) is 0 Å². The van der Waals surface area contributed by atoms with Crippen molar-refractivity contribution in [1.82, 2.24) is 4.90 Å². The predicted octanol–water partition coefficient (Wildman–Crippen LogP) is 3.86. The maximum absolute atomic E-state index is 12.5. The summed E-state index contributed by atoms with van der Waals surface area (Å²) in [6, 6.07) is 13.4. The van der Waals surface area contributed by atoms with Gasteiger partial charge in [0.2, 0.25) is 0 Å². The molecule has 136 valence electrons. The first kappa shape index (κ1) is 18.0. The molecule has 1 N–H and O–H groups in total. The molecular formula is C21H25N3O2. The van der Waals surface area contributed by atoms with Gasteiger partial charge in [-0.3, -0.25) is 4.79 Å². The molecular weight excluding hydrogens is 326 g/mol. The van der Waals surface area contributed by atoms with Gasteiger partial charge in [-0.25, -0.2) is 4.79 Å². The van der Waals surface area contributed by atoms with E-state index in [9.17, 15) is 9.59 Å². The van der Waals surface area contributed by atoms with E-state index < -0.39 is 0 Å². The average Bonchev–Trinajstić information content (AvgIpc) is 2.62. The maximum Gasteiger partial charge on any atom is 0.321 e. The van der Waals surface area contributed by atoms with Crippen LogP contribution in [0.3, 0.4) is 0 Å². The molecule has 0 radical (unpaired) electrons. The minimum Gasteiger partial charge on any atom is -0.368 e. The summed E-state index contributed by atoms with van der Waals surface area (Å²) in [4.78, 5) is 28.0. The van der Waals surface area contributed by atoms with Gasteiger partial charge in [-0.15, -0.1) is 0 Å². The van der Waals surface area contributed by atoms with Gasteiger partial charge in [0.25, 0.3) is 0 Å². The van der Waals surface area contributed by atoms with Crippen molar-refractivity contribution in [1.29, 1.82) is 0 Å². The number of piperazine rings is 1. The number of Topliss-reactive ketones (excluding diaryl/α,β-unsaturated/α-hetero) is 1. The second kappa shape index (κ2) is 7.60. The molecule has 0 aliphatic carbocycles. The standard InChI is InChI=1S/C21H25N3O2/c1-15-4-9-20(16(2)14-15)23-10-12-24(13-11-23)21(26)22-19-7-5-18(6-8-19)17(3)25/h4-9,14H,10-13H2,1-3H3,(H,22,26). The molecule has 2 amide bonds. The molecule has 5 heteroatoms. The Morgan fingerprint density at radius 2 is 1.58 bits per heavy atom. The number of hydrogen-bond donors (Lipinski definition) is 1. The zero-order valence-corrected chi connectivity index (χ0v) is 15.6. The Bertz CT molecular complexity index is 807. The van der Waals surface area contributed by atoms with E-state index in [4.69, 9.17) is 0 Å². The molecule has 3 rings (SSSR count). The van der Waals surface area contributed by atoms with E-state index in [1.165, 1.54) is 23.7 Å². The van der Waals surface area contributed by atoms with E-state index >= 15 is 0 Å². The van der Waals surface area contributed by atoms with Gasteiger partial charge in [0, 0.05) is 43.1 Å². The fraction of sp³-hybridized carbons (Fsp3) is 0.333. The highest BCUT2D eigenvalue weighted by Crippen LogP contribution is 2.22. The number of urea groups is 1. The highest BCUT2D eigenvalue weighted by molar-refractivity contribution is 5.95. The van der Waals surface area contributed by atoms with Crippen molar-refractivity contribution >= 4 is 23.2 Å². The molecule has 26 heavy (non-hydrogen) atoms. The summed E-state index contributed by atoms with van der Waals surface area (Å²) in [6.45, 7) is 8.77. The number of nitrogens with one attached hydrogen (secondary N) is 1. The third-order valence-corrected chi connectivity index (χ3v) is 4.80. The monoisotopic (exact) mass is 351 g/mol. The van der Waals surface area contributed by atoms with E-state index in [1.54, 1.807) is 24.3 Å². The number of nitrogens with zero attached hydrogens (tertiary/aromatic N) is 2. The molecule has 0 aromatic heterocycles. The molecule has 5 nitrogen and oxygen atoms in total. The topological polar surface area (TPSA) is 52.7 Å². The zero-order chi connectivity index (χ0) is 18.7. The van der Waals surface area contributed by atoms with Crippen LogP contribution in [0.4, 0.5) is 16.2 Å². The van der Waals surface area contributed by atoms with Gasteiger partial charge < -0.3 is 15.1 Å². The first-order chi connectivity index (χ1) is 12.4. The van der Waals surface area contributed by atoms with E-state index in [0.717, 1.165) is 13.1 Å². The van der Waals surface area contributed by atoms with Gasteiger partial charge in [0.15, 0.2) is 5.78 Å². The molecule has 1 aliphatic heterocycles. The normalized spacial score (nSPS) is 14.3. The third-order valence-electron chi connectivity index (χ3n) is 4.80. The van der Waals surface area contributed by atoms with Gasteiger partial charge in [0.1, 0.15) is 0 Å². The minimum atomic E-state index is -0.0964. The number of carbonyl (C=O) groups is 2. The lowest BCUT2D eigenvalue weighted by Crippen LogP contribution is -2.50. The Kier molecular flexibility index (Phi) is 5.26. The summed E-state index contributed by atoms with van der Waals surface area (Å²) in [5.41, 5.74) is 5.13. The third kappa shape index (κ3) is 4.04. The van der Waals surface area contributed by atoms with Crippen molar-refractivity contribution in [3.8, 4) is 0 Å². The van der Waals surface area contributed by atoms with Crippen LogP contribution in [0.1, 0.15) is 28.4 Å². The predicted molar refractivity (Wildman–Crippen MR) is 105 cm³/mol. The van der Waals surface area contributed by atoms with Crippen LogP contribution in [0.25, 0.3) is 0 Å². The summed E-state index contributed by atoms with van der Waals surface area (Å²) < 4.78 is 0. The Hall–Kier alpha value is -2.82. The van der Waals surface area contributed by atoms with Crippen LogP contribution in [-0.4, -0.2) is 42.9 Å². The minimum absolute atomic E-state index is 0.0189. The summed E-state index contributed by atoms with van der Waals surface area (Å²) in [5.74, 6) is 0.0189. The molecule has 1 heterocycles. The number of aryl methyl sites for hydroxylation is 2. The van der Waals surface area contributed by atoms with Gasteiger partial charge in [-0.2, -0.15) is 0 Å². The number of rotatable bonds is 3. The Balaban J connectivity index is 1.57. The number of anilines is 2. The van der Waals surface area contributed by atoms with Gasteiger partial charge in [-0.05, 0) is 56.7 Å². The summed E-state index contributed by atoms with van der Waals surface area (Å²) >= 11 is 0. The summed E-state index contributed by atoms with van der Waals surface area (Å²) in [5, 5.41) is 2.91. The lowest BCUT2D eigenvalue weighted by molar-refractivity contribution is 0.101. The van der Waals surface area contributed by atoms with E-state index in [2.05, 4.69) is 42.3 Å². The van der Waals surface area contributed by atoms with Gasteiger partial charge in [0.05, 0.1) is 0 Å². The molecule has 0 saturated carbocycles. The number of benzene rings is 2. The maximum atomic E-state index is 12.5. The molecule has 0 spiro atoms. The molecule has 1 fully saturated rings. The van der Waals surface area contributed by atoms with Crippen LogP contribution >= 0.6 is 0 Å². The lowest BCUT2D eigenvalue weighted by atomic mass is 10.1. The average molecular weight is 351 g/mol. The fourth-order valence-electron chi connectivity index (χ4n) is 3.30. The second-order valence-corrected chi connectivity index (χ2v) is 6.83. The first-order valence-electron chi connectivity index (χ1n) is 8.93. The molecule has 2 aromatic rings. The second-order valence-electron chi connectivity index (χ2n) is 6.83. The van der Waals surface area contributed by atoms with Crippen molar-refractivity contribution in [3.63, 3.8) is 0 Å². The first-order valence-corrected chi connectivity index (χ1v) is 8.93. The Labute approximate surface area is 154 Å².